The van der Waals surface area contributed by atoms with E-state index in [1.54, 1.807) is 0 Å². The largest absolute Gasteiger partial charge is 0.257 e. The van der Waals surface area contributed by atoms with Crippen molar-refractivity contribution < 1.29 is 0 Å². The van der Waals surface area contributed by atoms with Crippen molar-refractivity contribution in [3.05, 3.63) is 70.8 Å². The molecular weight excluding hydrogens is 230 g/mol. The smallest absolute Gasteiger partial charge is 0.0661 e. The van der Waals surface area contributed by atoms with E-state index in [0.717, 1.165) is 5.69 Å². The van der Waals surface area contributed by atoms with Crippen LogP contribution in [0.3, 0.4) is 0 Å². The molecule has 0 bridgehead atoms. The molecule has 0 aliphatic rings. The van der Waals surface area contributed by atoms with E-state index < -0.39 is 0 Å². The third-order valence-electron chi connectivity index (χ3n) is 3.00. The zero-order valence-corrected chi connectivity index (χ0v) is 11.7. The van der Waals surface area contributed by atoms with E-state index in [2.05, 4.69) is 74.3 Å². The highest BCUT2D eigenvalue weighted by atomic mass is 14.7. The van der Waals surface area contributed by atoms with Crippen molar-refractivity contribution in [2.24, 2.45) is 4.99 Å². The number of hydrogen-bond donors (Lipinski definition) is 0. The Balaban J connectivity index is 2.09. The molecule has 0 aliphatic carbocycles. The Morgan fingerprint density at radius 1 is 0.895 bits per heavy atom. The molecule has 0 heterocycles. The van der Waals surface area contributed by atoms with Gasteiger partial charge in [0.1, 0.15) is 0 Å². The Bertz CT molecular complexity index is 621. The van der Waals surface area contributed by atoms with Crippen molar-refractivity contribution in [3.8, 4) is 0 Å². The highest BCUT2D eigenvalue weighted by Gasteiger charge is 1.94. The molecule has 0 radical (unpaired) electrons. The Morgan fingerprint density at radius 3 is 2.47 bits per heavy atom. The van der Waals surface area contributed by atoms with E-state index in [0.29, 0.717) is 0 Å². The van der Waals surface area contributed by atoms with Gasteiger partial charge in [0.05, 0.1) is 5.69 Å². The summed E-state index contributed by atoms with van der Waals surface area (Å²) in [6.45, 7) is 6.26. The lowest BCUT2D eigenvalue weighted by Crippen LogP contribution is -1.78. The van der Waals surface area contributed by atoms with E-state index in [1.807, 2.05) is 12.3 Å². The summed E-state index contributed by atoms with van der Waals surface area (Å²) in [6.07, 6.45) is 5.91. The van der Waals surface area contributed by atoms with Crippen LogP contribution in [0.2, 0.25) is 0 Å². The van der Waals surface area contributed by atoms with Gasteiger partial charge in [-0.15, -0.1) is 0 Å². The molecule has 2 rings (SSSR count). The quantitative estimate of drug-likeness (QED) is 0.677. The van der Waals surface area contributed by atoms with Crippen molar-refractivity contribution in [1.29, 1.82) is 0 Å². The number of aliphatic imine (C=N–C) groups is 1. The second-order valence-electron chi connectivity index (χ2n) is 4.84. The predicted molar refractivity (Wildman–Crippen MR) is 84.3 cm³/mol. The van der Waals surface area contributed by atoms with E-state index in [4.69, 9.17) is 0 Å². The Kier molecular flexibility index (Phi) is 4.30. The number of benzene rings is 2. The molecule has 0 aliphatic heterocycles. The molecule has 0 spiro atoms. The Labute approximate surface area is 115 Å². The molecule has 1 nitrogen and oxygen atoms in total. The first-order valence-electron chi connectivity index (χ1n) is 6.50. The summed E-state index contributed by atoms with van der Waals surface area (Å²) in [6, 6.07) is 14.7. The molecule has 0 aromatic heterocycles. The summed E-state index contributed by atoms with van der Waals surface area (Å²) < 4.78 is 0. The molecule has 0 unspecified atom stereocenters. The molecule has 2 aromatic rings. The van der Waals surface area contributed by atoms with E-state index in [-0.39, 0.29) is 0 Å². The van der Waals surface area contributed by atoms with Gasteiger partial charge in [-0.1, -0.05) is 48.0 Å². The fraction of sp³-hybridized carbons (Fsp3) is 0.167. The summed E-state index contributed by atoms with van der Waals surface area (Å²) in [4.78, 5) is 4.49. The van der Waals surface area contributed by atoms with Crippen molar-refractivity contribution in [2.75, 3.05) is 0 Å². The van der Waals surface area contributed by atoms with Gasteiger partial charge in [-0.2, -0.15) is 0 Å². The van der Waals surface area contributed by atoms with Crippen molar-refractivity contribution in [2.45, 2.75) is 20.8 Å². The first-order valence-corrected chi connectivity index (χ1v) is 6.50. The van der Waals surface area contributed by atoms with Gasteiger partial charge < -0.3 is 0 Å². The first-order chi connectivity index (χ1) is 9.15. The molecule has 0 fully saturated rings. The predicted octanol–water partition coefficient (Wildman–Crippen LogP) is 5.03. The highest BCUT2D eigenvalue weighted by Crippen LogP contribution is 2.19. The van der Waals surface area contributed by atoms with Gasteiger partial charge in [-0.25, -0.2) is 0 Å². The maximum absolute atomic E-state index is 4.49. The summed E-state index contributed by atoms with van der Waals surface area (Å²) in [5, 5.41) is 0. The average molecular weight is 249 g/mol. The van der Waals surface area contributed by atoms with Crippen LogP contribution in [-0.2, 0) is 0 Å². The van der Waals surface area contributed by atoms with E-state index in [9.17, 15) is 0 Å². The van der Waals surface area contributed by atoms with Gasteiger partial charge >= 0.3 is 0 Å². The summed E-state index contributed by atoms with van der Waals surface area (Å²) >= 11 is 0. The Morgan fingerprint density at radius 2 is 1.68 bits per heavy atom. The number of aryl methyl sites for hydroxylation is 3. The van der Waals surface area contributed by atoms with Crippen LogP contribution in [-0.4, -0.2) is 6.21 Å². The van der Waals surface area contributed by atoms with Gasteiger partial charge in [0.15, 0.2) is 0 Å². The number of hydrogen-bond acceptors (Lipinski definition) is 1. The standard InChI is InChI=1S/C18H19N/c1-14-6-4-7-17(12-14)8-5-11-19-18-13-15(2)9-10-16(18)3/h4-13H,1-3H3/b8-5+,19-11?. The molecule has 0 N–H and O–H groups in total. The molecule has 96 valence electrons. The van der Waals surface area contributed by atoms with Crippen LogP contribution in [0.15, 0.2) is 53.5 Å². The third kappa shape index (κ3) is 3.92. The molecule has 2 aromatic carbocycles. The van der Waals surface area contributed by atoms with Gasteiger partial charge in [0, 0.05) is 6.21 Å². The molecule has 0 atom stereocenters. The molecular formula is C18H19N. The van der Waals surface area contributed by atoms with Crippen LogP contribution in [0.1, 0.15) is 22.3 Å². The molecule has 0 saturated carbocycles. The zero-order chi connectivity index (χ0) is 13.7. The van der Waals surface area contributed by atoms with Crippen LogP contribution in [0, 0.1) is 20.8 Å². The lowest BCUT2D eigenvalue weighted by molar-refractivity contribution is 1.36. The van der Waals surface area contributed by atoms with Gasteiger partial charge in [0.2, 0.25) is 0 Å². The van der Waals surface area contributed by atoms with Crippen LogP contribution in [0.5, 0.6) is 0 Å². The number of rotatable bonds is 3. The molecule has 19 heavy (non-hydrogen) atoms. The lowest BCUT2D eigenvalue weighted by atomic mass is 10.1. The zero-order valence-electron chi connectivity index (χ0n) is 11.7. The fourth-order valence-corrected chi connectivity index (χ4v) is 1.91. The fourth-order valence-electron chi connectivity index (χ4n) is 1.91. The van der Waals surface area contributed by atoms with Gasteiger partial charge in [-0.3, -0.25) is 4.99 Å². The SMILES string of the molecule is Cc1cccc(/C=C/C=Nc2cc(C)ccc2C)c1. The highest BCUT2D eigenvalue weighted by molar-refractivity contribution is 5.80. The summed E-state index contributed by atoms with van der Waals surface area (Å²) in [5.41, 5.74) is 5.95. The lowest BCUT2D eigenvalue weighted by Gasteiger charge is -2.00. The second-order valence-corrected chi connectivity index (χ2v) is 4.84. The molecule has 0 saturated heterocycles. The normalized spacial score (nSPS) is 11.5. The van der Waals surface area contributed by atoms with Gasteiger partial charge in [-0.05, 0) is 49.6 Å². The van der Waals surface area contributed by atoms with Crippen molar-refractivity contribution in [1.82, 2.24) is 0 Å². The summed E-state index contributed by atoms with van der Waals surface area (Å²) in [5.74, 6) is 0. The van der Waals surface area contributed by atoms with Gasteiger partial charge in [0.25, 0.3) is 0 Å². The number of nitrogens with zero attached hydrogens (tertiary/aromatic N) is 1. The molecule has 0 amide bonds. The van der Waals surface area contributed by atoms with Crippen LogP contribution in [0.4, 0.5) is 5.69 Å². The maximum atomic E-state index is 4.49. The average Bonchev–Trinajstić information content (AvgIpc) is 2.39. The molecule has 1 heteroatoms. The minimum absolute atomic E-state index is 1.04. The van der Waals surface area contributed by atoms with Crippen LogP contribution < -0.4 is 0 Å². The van der Waals surface area contributed by atoms with Crippen molar-refractivity contribution in [3.63, 3.8) is 0 Å². The number of allylic oxidation sites excluding steroid dienone is 1. The third-order valence-corrected chi connectivity index (χ3v) is 3.00. The Hall–Kier alpha value is -2.15. The maximum Gasteiger partial charge on any atom is 0.0661 e. The van der Waals surface area contributed by atoms with Crippen LogP contribution in [0.25, 0.3) is 6.08 Å². The van der Waals surface area contributed by atoms with E-state index >= 15 is 0 Å². The summed E-state index contributed by atoms with van der Waals surface area (Å²) in [7, 11) is 0. The monoisotopic (exact) mass is 249 g/mol. The van der Waals surface area contributed by atoms with Crippen LogP contribution >= 0.6 is 0 Å². The van der Waals surface area contributed by atoms with Crippen molar-refractivity contribution >= 4 is 18.0 Å². The first kappa shape index (κ1) is 13.3. The second kappa shape index (κ2) is 6.14. The van der Waals surface area contributed by atoms with E-state index in [1.165, 1.54) is 22.3 Å². The minimum Gasteiger partial charge on any atom is -0.257 e. The minimum atomic E-state index is 1.04. The topological polar surface area (TPSA) is 12.4 Å².